The first kappa shape index (κ1) is 7.10. The number of pyridine rings is 1. The summed E-state index contributed by atoms with van der Waals surface area (Å²) in [5, 5.41) is 1.00. The van der Waals surface area contributed by atoms with E-state index in [1.807, 2.05) is 24.3 Å². The van der Waals surface area contributed by atoms with Crippen molar-refractivity contribution in [2.45, 2.75) is 0 Å². The highest BCUT2D eigenvalue weighted by molar-refractivity contribution is 5.84. The van der Waals surface area contributed by atoms with E-state index in [0.717, 1.165) is 16.7 Å². The normalized spacial score (nSPS) is 10.1. The van der Waals surface area contributed by atoms with Gasteiger partial charge in [-0.15, -0.1) is 0 Å². The lowest BCUT2D eigenvalue weighted by molar-refractivity contribution is 0.419. The van der Waals surface area contributed by atoms with Crippen LogP contribution in [0.2, 0.25) is 0 Å². The fraction of sp³-hybridized carbons (Fsp3) is 0.100. The second kappa shape index (κ2) is 2.81. The van der Waals surface area contributed by atoms with Crippen LogP contribution >= 0.6 is 0 Å². The van der Waals surface area contributed by atoms with Crippen molar-refractivity contribution in [3.05, 3.63) is 36.5 Å². The van der Waals surface area contributed by atoms with Gasteiger partial charge in [0.2, 0.25) is 0 Å². The molecule has 0 bridgehead atoms. The predicted molar refractivity (Wildman–Crippen MR) is 47.1 cm³/mol. The average Bonchev–Trinajstić information content (AvgIpc) is 2.17. The summed E-state index contributed by atoms with van der Waals surface area (Å²) in [6.45, 7) is 0. The number of aromatic nitrogens is 1. The molecule has 0 fully saturated rings. The molecule has 59 valence electrons. The Kier molecular flexibility index (Phi) is 1.67. The first-order valence-corrected chi connectivity index (χ1v) is 3.70. The van der Waals surface area contributed by atoms with E-state index < -0.39 is 0 Å². The minimum atomic E-state index is 0.844. The van der Waals surface area contributed by atoms with E-state index >= 15 is 0 Å². The number of hydrogen-bond acceptors (Lipinski definition) is 2. The first-order valence-electron chi connectivity index (χ1n) is 3.70. The molecule has 2 heteroatoms. The van der Waals surface area contributed by atoms with Crippen LogP contribution in [0.1, 0.15) is 0 Å². The standard InChI is InChI=1S/C10H8NO/c1-12-10-6-7-11-9-5-3-2-4-8(9)10/h3-7H,1H3. The van der Waals surface area contributed by atoms with Gasteiger partial charge in [-0.2, -0.15) is 0 Å². The SMILES string of the molecule is COc1ccnc2cc[c]cc12. The largest absolute Gasteiger partial charge is 0.496 e. The van der Waals surface area contributed by atoms with Crippen molar-refractivity contribution < 1.29 is 4.74 Å². The highest BCUT2D eigenvalue weighted by Crippen LogP contribution is 2.21. The summed E-state index contributed by atoms with van der Waals surface area (Å²) in [5.74, 6) is 0.844. The summed E-state index contributed by atoms with van der Waals surface area (Å²) in [5.41, 5.74) is 0.938. The van der Waals surface area contributed by atoms with E-state index in [4.69, 9.17) is 4.74 Å². The maximum absolute atomic E-state index is 5.17. The van der Waals surface area contributed by atoms with E-state index in [-0.39, 0.29) is 0 Å². The van der Waals surface area contributed by atoms with Crippen molar-refractivity contribution in [1.29, 1.82) is 0 Å². The smallest absolute Gasteiger partial charge is 0.129 e. The summed E-state index contributed by atoms with van der Waals surface area (Å²) < 4.78 is 5.17. The summed E-state index contributed by atoms with van der Waals surface area (Å²) in [4.78, 5) is 4.19. The number of benzene rings is 1. The third-order valence-electron chi connectivity index (χ3n) is 1.77. The van der Waals surface area contributed by atoms with E-state index in [0.29, 0.717) is 0 Å². The molecule has 1 aromatic heterocycles. The zero-order valence-electron chi connectivity index (χ0n) is 6.74. The molecule has 0 aliphatic heterocycles. The van der Waals surface area contributed by atoms with E-state index in [1.54, 1.807) is 13.3 Å². The van der Waals surface area contributed by atoms with Crippen molar-refractivity contribution in [3.8, 4) is 5.75 Å². The van der Waals surface area contributed by atoms with Crippen LogP contribution in [0, 0.1) is 6.07 Å². The molecule has 2 aromatic rings. The van der Waals surface area contributed by atoms with Gasteiger partial charge in [-0.05, 0) is 24.3 Å². The van der Waals surface area contributed by atoms with Crippen LogP contribution in [-0.4, -0.2) is 12.1 Å². The van der Waals surface area contributed by atoms with Gasteiger partial charge in [-0.25, -0.2) is 0 Å². The fourth-order valence-corrected chi connectivity index (χ4v) is 1.19. The second-order valence-electron chi connectivity index (χ2n) is 2.46. The molecule has 0 unspecified atom stereocenters. The van der Waals surface area contributed by atoms with Crippen LogP contribution in [0.4, 0.5) is 0 Å². The monoisotopic (exact) mass is 158 g/mol. The van der Waals surface area contributed by atoms with Crippen molar-refractivity contribution in [1.82, 2.24) is 4.98 Å². The molecular weight excluding hydrogens is 150 g/mol. The Morgan fingerprint density at radius 2 is 2.33 bits per heavy atom. The number of fused-ring (bicyclic) bond motifs is 1. The van der Waals surface area contributed by atoms with Crippen LogP contribution in [-0.2, 0) is 0 Å². The van der Waals surface area contributed by atoms with E-state index in [9.17, 15) is 0 Å². The minimum absolute atomic E-state index is 0.844. The lowest BCUT2D eigenvalue weighted by Crippen LogP contribution is -1.85. The number of hydrogen-bond donors (Lipinski definition) is 0. The fourth-order valence-electron chi connectivity index (χ4n) is 1.19. The van der Waals surface area contributed by atoms with Gasteiger partial charge in [0, 0.05) is 11.6 Å². The molecule has 2 rings (SSSR count). The highest BCUT2D eigenvalue weighted by Gasteiger charge is 1.98. The van der Waals surface area contributed by atoms with Crippen molar-refractivity contribution >= 4 is 10.9 Å². The number of nitrogens with zero attached hydrogens (tertiary/aromatic N) is 1. The molecule has 0 saturated carbocycles. The second-order valence-corrected chi connectivity index (χ2v) is 2.46. The quantitative estimate of drug-likeness (QED) is 0.633. The van der Waals surface area contributed by atoms with Crippen LogP contribution in [0.5, 0.6) is 5.75 Å². The van der Waals surface area contributed by atoms with Gasteiger partial charge in [0.15, 0.2) is 0 Å². The Morgan fingerprint density at radius 3 is 3.17 bits per heavy atom. The third kappa shape index (κ3) is 1.01. The van der Waals surface area contributed by atoms with Crippen LogP contribution < -0.4 is 4.74 Å². The molecule has 0 spiro atoms. The summed E-state index contributed by atoms with van der Waals surface area (Å²) in [6.07, 6.45) is 1.74. The van der Waals surface area contributed by atoms with Gasteiger partial charge < -0.3 is 4.74 Å². The predicted octanol–water partition coefficient (Wildman–Crippen LogP) is 2.04. The number of rotatable bonds is 1. The lowest BCUT2D eigenvalue weighted by atomic mass is 10.2. The minimum Gasteiger partial charge on any atom is -0.496 e. The Hall–Kier alpha value is -1.57. The Labute approximate surface area is 70.8 Å². The molecule has 0 aliphatic rings. The zero-order valence-corrected chi connectivity index (χ0v) is 6.74. The highest BCUT2D eigenvalue weighted by atomic mass is 16.5. The molecule has 2 nitrogen and oxygen atoms in total. The summed E-state index contributed by atoms with van der Waals surface area (Å²) in [7, 11) is 1.65. The van der Waals surface area contributed by atoms with Gasteiger partial charge in [-0.1, -0.05) is 6.07 Å². The van der Waals surface area contributed by atoms with Crippen molar-refractivity contribution in [2.75, 3.05) is 7.11 Å². The van der Waals surface area contributed by atoms with Crippen LogP contribution in [0.15, 0.2) is 30.5 Å². The number of ether oxygens (including phenoxy) is 1. The Bertz CT molecular complexity index is 392. The van der Waals surface area contributed by atoms with Gasteiger partial charge in [-0.3, -0.25) is 4.98 Å². The Morgan fingerprint density at radius 1 is 1.42 bits per heavy atom. The molecule has 0 amide bonds. The summed E-state index contributed by atoms with van der Waals surface area (Å²) in [6, 6.07) is 10.5. The topological polar surface area (TPSA) is 22.1 Å². The summed E-state index contributed by atoms with van der Waals surface area (Å²) >= 11 is 0. The first-order chi connectivity index (χ1) is 5.92. The van der Waals surface area contributed by atoms with Gasteiger partial charge in [0.1, 0.15) is 5.75 Å². The zero-order chi connectivity index (χ0) is 8.39. The van der Waals surface area contributed by atoms with E-state index in [1.165, 1.54) is 0 Å². The molecule has 1 radical (unpaired) electrons. The average molecular weight is 158 g/mol. The molecule has 0 saturated heterocycles. The maximum Gasteiger partial charge on any atom is 0.129 e. The molecule has 0 atom stereocenters. The molecule has 1 heterocycles. The molecule has 0 N–H and O–H groups in total. The molecule has 0 aliphatic carbocycles. The lowest BCUT2D eigenvalue weighted by Gasteiger charge is -2.02. The van der Waals surface area contributed by atoms with Gasteiger partial charge >= 0.3 is 0 Å². The Balaban J connectivity index is 2.79. The van der Waals surface area contributed by atoms with E-state index in [2.05, 4.69) is 11.1 Å². The molecule has 1 aromatic carbocycles. The van der Waals surface area contributed by atoms with Crippen LogP contribution in [0.3, 0.4) is 0 Å². The van der Waals surface area contributed by atoms with Gasteiger partial charge in [0.05, 0.1) is 12.6 Å². The van der Waals surface area contributed by atoms with Crippen LogP contribution in [0.25, 0.3) is 10.9 Å². The van der Waals surface area contributed by atoms with Crippen molar-refractivity contribution in [3.63, 3.8) is 0 Å². The van der Waals surface area contributed by atoms with Crippen molar-refractivity contribution in [2.24, 2.45) is 0 Å². The molecule has 12 heavy (non-hydrogen) atoms. The molecular formula is C10H8NO. The maximum atomic E-state index is 5.17. The third-order valence-corrected chi connectivity index (χ3v) is 1.77. The van der Waals surface area contributed by atoms with Gasteiger partial charge in [0.25, 0.3) is 0 Å². The number of methoxy groups -OCH3 is 1.